The van der Waals surface area contributed by atoms with Crippen molar-refractivity contribution in [2.45, 2.75) is 58.1 Å². The maximum atomic E-state index is 13.8. The van der Waals surface area contributed by atoms with Crippen LogP contribution in [0.4, 0.5) is 4.39 Å². The number of benzene rings is 3. The highest BCUT2D eigenvalue weighted by molar-refractivity contribution is 7.39. The second-order valence-electron chi connectivity index (χ2n) is 13.3. The molecule has 9 heteroatoms. The molecule has 2 heterocycles. The molecule has 5 aromatic rings. The Kier molecular flexibility index (Phi) is 11.3. The van der Waals surface area contributed by atoms with E-state index in [-0.39, 0.29) is 36.0 Å². The summed E-state index contributed by atoms with van der Waals surface area (Å²) >= 11 is 0. The van der Waals surface area contributed by atoms with E-state index in [0.717, 1.165) is 38.3 Å². The number of nitrogens with zero attached hydrogens (tertiary/aromatic N) is 1. The van der Waals surface area contributed by atoms with Gasteiger partial charge in [-0.15, -0.1) is 4.52 Å². The lowest BCUT2D eigenvalue weighted by Crippen LogP contribution is -2.68. The van der Waals surface area contributed by atoms with Crippen LogP contribution in [0.2, 0.25) is 5.04 Å². The van der Waals surface area contributed by atoms with Gasteiger partial charge in [-0.3, -0.25) is 4.79 Å². The van der Waals surface area contributed by atoms with Crippen molar-refractivity contribution in [2.75, 3.05) is 12.8 Å². The summed E-state index contributed by atoms with van der Waals surface area (Å²) in [5.74, 6) is 5.10. The Labute approximate surface area is 289 Å². The Hall–Kier alpha value is -4.38. The average molecular weight is 695 g/mol. The first-order chi connectivity index (χ1) is 23.4. The fourth-order valence-electron chi connectivity index (χ4n) is 6.56. The van der Waals surface area contributed by atoms with E-state index in [1.807, 2.05) is 85.1 Å². The maximum Gasteiger partial charge on any atom is 0.511 e. The van der Waals surface area contributed by atoms with Gasteiger partial charge in [0, 0.05) is 17.5 Å². The quantitative estimate of drug-likeness (QED) is 0.0807. The predicted octanol–water partition coefficient (Wildman–Crippen LogP) is 8.40. The maximum absolute atomic E-state index is 13.8. The third-order valence-electron chi connectivity index (χ3n) is 8.57. The summed E-state index contributed by atoms with van der Waals surface area (Å²) in [4.78, 5) is 12.1. The van der Waals surface area contributed by atoms with Crippen LogP contribution < -0.4 is 10.4 Å². The van der Waals surface area contributed by atoms with Crippen molar-refractivity contribution in [3.63, 3.8) is 0 Å². The fourth-order valence-corrected chi connectivity index (χ4v) is 12.2. The molecule has 0 spiro atoms. The summed E-state index contributed by atoms with van der Waals surface area (Å²) in [6.45, 7) is 10.4. The Morgan fingerprint density at radius 2 is 1.51 bits per heavy atom. The second kappa shape index (κ2) is 15.4. The highest BCUT2D eigenvalue weighted by Crippen LogP contribution is 2.40. The number of aromatic nitrogens is 1. The minimum atomic E-state index is -3.11. The first-order valence-electron chi connectivity index (χ1n) is 16.4. The molecule has 3 aromatic carbocycles. The van der Waals surface area contributed by atoms with Gasteiger partial charge in [0.1, 0.15) is 11.9 Å². The molecule has 0 aliphatic carbocycles. The van der Waals surface area contributed by atoms with Gasteiger partial charge in [0.2, 0.25) is 6.16 Å². The molecule has 1 N–H and O–H groups in total. The lowest BCUT2D eigenvalue weighted by molar-refractivity contribution is -0.138. The van der Waals surface area contributed by atoms with Crippen molar-refractivity contribution in [3.8, 4) is 23.0 Å². The van der Waals surface area contributed by atoms with Crippen molar-refractivity contribution >= 4 is 38.2 Å². The minimum absolute atomic E-state index is 0.0952. The van der Waals surface area contributed by atoms with Gasteiger partial charge >= 0.3 is 14.0 Å². The number of hydrogen-bond acceptors (Lipinski definition) is 4. The number of rotatable bonds is 12. The molecule has 0 amide bonds. The van der Waals surface area contributed by atoms with E-state index < -0.39 is 28.4 Å². The van der Waals surface area contributed by atoms with E-state index >= 15 is 0 Å². The number of carboxylic acids is 1. The minimum Gasteiger partial charge on any atom is -0.481 e. The number of pyridine rings is 1. The van der Waals surface area contributed by atoms with Crippen LogP contribution in [0.15, 0.2) is 109 Å². The number of fused-ring (bicyclic) bond motifs is 1. The fraction of sp³-hybridized carbons (Fsp3) is 0.275. The lowest BCUT2D eigenvalue weighted by atomic mass is 9.98. The molecule has 0 aliphatic heterocycles. The summed E-state index contributed by atoms with van der Waals surface area (Å²) in [5, 5.41) is 11.5. The second-order valence-corrected chi connectivity index (χ2v) is 18.9. The molecule has 0 radical (unpaired) electrons. The van der Waals surface area contributed by atoms with Gasteiger partial charge in [-0.05, 0) is 55.7 Å². The van der Waals surface area contributed by atoms with Crippen LogP contribution in [0.25, 0.3) is 16.6 Å². The normalized spacial score (nSPS) is 12.8. The molecule has 2 atom stereocenters. The summed E-state index contributed by atoms with van der Waals surface area (Å²) in [6.07, 6.45) is 0.707. The monoisotopic (exact) mass is 694 g/mol. The number of hydrogen-bond donors (Lipinski definition) is 1. The Morgan fingerprint density at radius 1 is 0.918 bits per heavy atom. The smallest absolute Gasteiger partial charge is 0.481 e. The summed E-state index contributed by atoms with van der Waals surface area (Å²) in [7, 11) is -5.42. The molecular weight excluding hydrogens is 653 g/mol. The van der Waals surface area contributed by atoms with Crippen LogP contribution in [-0.4, -0.2) is 42.7 Å². The number of halogens is 1. The van der Waals surface area contributed by atoms with Crippen LogP contribution in [0.5, 0.6) is 0 Å². The third kappa shape index (κ3) is 7.93. The zero-order valence-corrected chi connectivity index (χ0v) is 30.4. The van der Waals surface area contributed by atoms with Crippen LogP contribution in [0.1, 0.15) is 58.2 Å². The molecule has 0 fully saturated rings. The predicted molar refractivity (Wildman–Crippen MR) is 197 cm³/mol. The van der Waals surface area contributed by atoms with Gasteiger partial charge < -0.3 is 13.9 Å². The van der Waals surface area contributed by atoms with E-state index in [1.165, 1.54) is 12.1 Å². The standard InChI is InChI=1S/C40H41FNO5PSi/c1-29(2)39-35(38(30-21-23-31(41)24-22-30)36-20-12-13-25-42(36)39)19-14-26-46-48(45)28-32(27-37(43)44)47-49(40(3,4)5,33-15-8-6-9-16-33)34-17-10-7-11-18-34/h6-13,15-18,20-25,29,32H,26-28H2,1-5H3/p+1. The van der Waals surface area contributed by atoms with Gasteiger partial charge in [0.05, 0.1) is 17.5 Å². The highest BCUT2D eigenvalue weighted by Gasteiger charge is 2.52. The number of carbonyl (C=O) groups is 1. The van der Waals surface area contributed by atoms with Crippen molar-refractivity contribution in [1.82, 2.24) is 4.40 Å². The van der Waals surface area contributed by atoms with Gasteiger partial charge in [0.25, 0.3) is 8.32 Å². The van der Waals surface area contributed by atoms with Gasteiger partial charge in [-0.2, -0.15) is 0 Å². The zero-order valence-electron chi connectivity index (χ0n) is 28.5. The van der Waals surface area contributed by atoms with E-state index in [9.17, 15) is 18.9 Å². The van der Waals surface area contributed by atoms with Gasteiger partial charge in [0.15, 0.2) is 6.61 Å². The SMILES string of the molecule is CC(C)c1c(C#CCO[P+](=O)CC(CC(=O)O)O[Si](c2ccccc2)(c2ccccc2)C(C)(C)C)c(-c2ccc(F)cc2)c2ccccn12. The zero-order chi connectivity index (χ0) is 35.2. The summed E-state index contributed by atoms with van der Waals surface area (Å²) < 4.78 is 42.2. The van der Waals surface area contributed by atoms with E-state index in [2.05, 4.69) is 50.9 Å². The summed E-state index contributed by atoms with van der Waals surface area (Å²) in [6, 6.07) is 32.2. The molecule has 0 bridgehead atoms. The Balaban J connectivity index is 1.43. The Bertz CT molecular complexity index is 1940. The van der Waals surface area contributed by atoms with E-state index in [1.54, 1.807) is 12.1 Å². The molecule has 5 rings (SSSR count). The van der Waals surface area contributed by atoms with Crippen LogP contribution in [0, 0.1) is 17.7 Å². The molecule has 6 nitrogen and oxygen atoms in total. The van der Waals surface area contributed by atoms with Gasteiger partial charge in [-0.1, -0.05) is 125 Å². The van der Waals surface area contributed by atoms with E-state index in [4.69, 9.17) is 8.95 Å². The topological polar surface area (TPSA) is 77.2 Å². The number of carboxylic acid groups (broad SMARTS) is 1. The summed E-state index contributed by atoms with van der Waals surface area (Å²) in [5.41, 5.74) is 4.48. The van der Waals surface area contributed by atoms with Crippen molar-refractivity contribution in [1.29, 1.82) is 0 Å². The van der Waals surface area contributed by atoms with Crippen molar-refractivity contribution in [3.05, 3.63) is 126 Å². The highest BCUT2D eigenvalue weighted by atomic mass is 31.1. The van der Waals surface area contributed by atoms with E-state index in [0.29, 0.717) is 0 Å². The molecule has 2 aromatic heterocycles. The lowest BCUT2D eigenvalue weighted by Gasteiger charge is -2.44. The van der Waals surface area contributed by atoms with Gasteiger partial charge in [-0.25, -0.2) is 4.39 Å². The molecule has 49 heavy (non-hydrogen) atoms. The van der Waals surface area contributed by atoms with Crippen molar-refractivity contribution in [2.24, 2.45) is 0 Å². The Morgan fingerprint density at radius 3 is 2.06 bits per heavy atom. The largest absolute Gasteiger partial charge is 0.511 e. The molecule has 0 aliphatic rings. The van der Waals surface area contributed by atoms with Crippen LogP contribution in [0.3, 0.4) is 0 Å². The first-order valence-corrected chi connectivity index (χ1v) is 19.7. The molecular formula is C40H42FNO5PSi+. The van der Waals surface area contributed by atoms with Crippen LogP contribution >= 0.6 is 8.03 Å². The van der Waals surface area contributed by atoms with Crippen LogP contribution in [-0.2, 0) is 18.3 Å². The molecule has 2 unspecified atom stereocenters. The third-order valence-corrected chi connectivity index (χ3v) is 14.8. The average Bonchev–Trinajstić information content (AvgIpc) is 3.40. The number of aliphatic carboxylic acids is 1. The van der Waals surface area contributed by atoms with Crippen molar-refractivity contribution < 1.29 is 27.8 Å². The molecule has 252 valence electrons. The molecule has 0 saturated carbocycles. The first kappa shape index (κ1) is 35.9. The molecule has 0 saturated heterocycles.